The predicted octanol–water partition coefficient (Wildman–Crippen LogP) is 2.07. The molecule has 0 unspecified atom stereocenters. The summed E-state index contributed by atoms with van der Waals surface area (Å²) in [5.74, 6) is -1.30. The van der Waals surface area contributed by atoms with Crippen LogP contribution in [0.4, 0.5) is 14.5 Å². The van der Waals surface area contributed by atoms with Gasteiger partial charge in [-0.2, -0.15) is 0 Å². The molecule has 2 aromatic rings. The maximum Gasteiger partial charge on any atom is 0.243 e. The number of nitrogen functional groups attached to an aromatic ring is 1. The molecule has 112 valence electrons. The van der Waals surface area contributed by atoms with E-state index in [0.717, 1.165) is 12.1 Å². The minimum absolute atomic E-state index is 0.0441. The molecule has 3 N–H and O–H groups in total. The van der Waals surface area contributed by atoms with Crippen molar-refractivity contribution in [3.63, 3.8) is 0 Å². The zero-order chi connectivity index (χ0) is 15.5. The van der Waals surface area contributed by atoms with Gasteiger partial charge in [-0.1, -0.05) is 18.2 Å². The molecule has 0 fully saturated rings. The van der Waals surface area contributed by atoms with Crippen LogP contribution in [0.3, 0.4) is 0 Å². The first kappa shape index (κ1) is 15.4. The molecule has 0 aliphatic rings. The average molecular weight is 312 g/mol. The molecule has 0 amide bonds. The van der Waals surface area contributed by atoms with Crippen LogP contribution in [0.2, 0.25) is 0 Å². The Balaban J connectivity index is 2.08. The van der Waals surface area contributed by atoms with Crippen molar-refractivity contribution in [2.24, 2.45) is 0 Å². The number of nitrogens with one attached hydrogen (secondary N) is 1. The standard InChI is InChI=1S/C14H14F2N2O2S/c15-12-4-2-1-3-10(12)7-8-18-21(19,20)14-9-11(17)5-6-13(14)16/h1-6,9,18H,7-8,17H2. The summed E-state index contributed by atoms with van der Waals surface area (Å²) >= 11 is 0. The van der Waals surface area contributed by atoms with Crippen LogP contribution in [0.25, 0.3) is 0 Å². The van der Waals surface area contributed by atoms with E-state index in [9.17, 15) is 17.2 Å². The molecule has 0 aromatic heterocycles. The lowest BCUT2D eigenvalue weighted by atomic mass is 10.1. The van der Waals surface area contributed by atoms with Crippen molar-refractivity contribution in [1.29, 1.82) is 0 Å². The van der Waals surface area contributed by atoms with Gasteiger partial charge in [0, 0.05) is 12.2 Å². The van der Waals surface area contributed by atoms with Gasteiger partial charge >= 0.3 is 0 Å². The SMILES string of the molecule is Nc1ccc(F)c(S(=O)(=O)NCCc2ccccc2F)c1. The number of halogens is 2. The maximum absolute atomic E-state index is 13.5. The number of sulfonamides is 1. The number of hydrogen-bond acceptors (Lipinski definition) is 3. The van der Waals surface area contributed by atoms with Crippen LogP contribution in [0.5, 0.6) is 0 Å². The molecule has 0 atom stereocenters. The fourth-order valence-corrected chi connectivity index (χ4v) is 2.97. The van der Waals surface area contributed by atoms with Crippen LogP contribution in [0, 0.1) is 11.6 Å². The Kier molecular flexibility index (Phi) is 4.54. The lowest BCUT2D eigenvalue weighted by molar-refractivity contribution is 0.555. The summed E-state index contributed by atoms with van der Waals surface area (Å²) in [4.78, 5) is -0.518. The molecule has 0 aliphatic heterocycles. The Morgan fingerprint density at radius 1 is 1.05 bits per heavy atom. The Hall–Kier alpha value is -1.99. The predicted molar refractivity (Wildman–Crippen MR) is 76.1 cm³/mol. The van der Waals surface area contributed by atoms with Gasteiger partial charge < -0.3 is 5.73 Å². The third kappa shape index (κ3) is 3.77. The first-order chi connectivity index (χ1) is 9.90. The second-order valence-corrected chi connectivity index (χ2v) is 6.16. The van der Waals surface area contributed by atoms with Crippen molar-refractivity contribution in [3.8, 4) is 0 Å². The van der Waals surface area contributed by atoms with Gasteiger partial charge in [0.1, 0.15) is 16.5 Å². The zero-order valence-electron chi connectivity index (χ0n) is 11.0. The van der Waals surface area contributed by atoms with Gasteiger partial charge in [-0.3, -0.25) is 0 Å². The molecule has 0 aliphatic carbocycles. The third-order valence-corrected chi connectivity index (χ3v) is 4.37. The van der Waals surface area contributed by atoms with Gasteiger partial charge in [-0.25, -0.2) is 21.9 Å². The Bertz CT molecular complexity index is 748. The summed E-state index contributed by atoms with van der Waals surface area (Å²) in [7, 11) is -4.02. The smallest absolute Gasteiger partial charge is 0.243 e. The Morgan fingerprint density at radius 2 is 1.76 bits per heavy atom. The van der Waals surface area contributed by atoms with Crippen molar-refractivity contribution in [2.75, 3.05) is 12.3 Å². The molecule has 0 spiro atoms. The molecule has 21 heavy (non-hydrogen) atoms. The summed E-state index contributed by atoms with van der Waals surface area (Å²) in [6, 6.07) is 9.36. The average Bonchev–Trinajstić information content (AvgIpc) is 2.43. The van der Waals surface area contributed by atoms with Crippen LogP contribution in [0.15, 0.2) is 47.4 Å². The van der Waals surface area contributed by atoms with E-state index >= 15 is 0 Å². The van der Waals surface area contributed by atoms with Crippen molar-refractivity contribution in [1.82, 2.24) is 4.72 Å². The molecule has 0 heterocycles. The monoisotopic (exact) mass is 312 g/mol. The molecule has 4 nitrogen and oxygen atoms in total. The summed E-state index contributed by atoms with van der Waals surface area (Å²) in [5.41, 5.74) is 5.98. The highest BCUT2D eigenvalue weighted by Gasteiger charge is 2.19. The fourth-order valence-electron chi connectivity index (χ4n) is 1.82. The van der Waals surface area contributed by atoms with E-state index in [1.807, 2.05) is 0 Å². The largest absolute Gasteiger partial charge is 0.399 e. The summed E-state index contributed by atoms with van der Waals surface area (Å²) in [6.45, 7) is -0.0441. The summed E-state index contributed by atoms with van der Waals surface area (Å²) in [5, 5.41) is 0. The van der Waals surface area contributed by atoms with E-state index in [2.05, 4.69) is 4.72 Å². The number of nitrogens with two attached hydrogens (primary N) is 1. The van der Waals surface area contributed by atoms with E-state index in [-0.39, 0.29) is 18.7 Å². The maximum atomic E-state index is 13.5. The van der Waals surface area contributed by atoms with E-state index in [1.54, 1.807) is 18.2 Å². The molecule has 0 radical (unpaired) electrons. The lowest BCUT2D eigenvalue weighted by Crippen LogP contribution is -2.27. The molecular formula is C14H14F2N2O2S. The fraction of sp³-hybridized carbons (Fsp3) is 0.143. The van der Waals surface area contributed by atoms with E-state index in [1.165, 1.54) is 12.1 Å². The van der Waals surface area contributed by atoms with Crippen LogP contribution in [-0.2, 0) is 16.4 Å². The van der Waals surface area contributed by atoms with E-state index in [4.69, 9.17) is 5.73 Å². The summed E-state index contributed by atoms with van der Waals surface area (Å²) in [6.07, 6.45) is 0.163. The number of anilines is 1. The minimum Gasteiger partial charge on any atom is -0.399 e. The van der Waals surface area contributed by atoms with Crippen molar-refractivity contribution < 1.29 is 17.2 Å². The van der Waals surface area contributed by atoms with Crippen molar-refractivity contribution >= 4 is 15.7 Å². The van der Waals surface area contributed by atoms with Crippen molar-refractivity contribution in [2.45, 2.75) is 11.3 Å². The van der Waals surface area contributed by atoms with E-state index in [0.29, 0.717) is 5.56 Å². The molecule has 2 aromatic carbocycles. The minimum atomic E-state index is -4.02. The third-order valence-electron chi connectivity index (χ3n) is 2.89. The van der Waals surface area contributed by atoms with Gasteiger partial charge in [0.05, 0.1) is 0 Å². The van der Waals surface area contributed by atoms with Gasteiger partial charge in [-0.05, 0) is 36.2 Å². The van der Waals surface area contributed by atoms with Gasteiger partial charge in [-0.15, -0.1) is 0 Å². The molecule has 0 saturated heterocycles. The first-order valence-electron chi connectivity index (χ1n) is 6.18. The number of rotatable bonds is 5. The second kappa shape index (κ2) is 6.19. The van der Waals surface area contributed by atoms with Crippen molar-refractivity contribution in [3.05, 3.63) is 59.7 Å². The molecular weight excluding hydrogens is 298 g/mol. The number of hydrogen-bond donors (Lipinski definition) is 2. The number of benzene rings is 2. The topological polar surface area (TPSA) is 72.2 Å². The highest BCUT2D eigenvalue weighted by molar-refractivity contribution is 7.89. The summed E-state index contributed by atoms with van der Waals surface area (Å²) < 4.78 is 53.1. The molecule has 7 heteroatoms. The highest BCUT2D eigenvalue weighted by Crippen LogP contribution is 2.17. The zero-order valence-corrected chi connectivity index (χ0v) is 11.8. The first-order valence-corrected chi connectivity index (χ1v) is 7.66. The van der Waals surface area contributed by atoms with Crippen LogP contribution in [-0.4, -0.2) is 15.0 Å². The molecule has 0 saturated carbocycles. The van der Waals surface area contributed by atoms with Gasteiger partial charge in [0.15, 0.2) is 0 Å². The lowest BCUT2D eigenvalue weighted by Gasteiger charge is -2.09. The van der Waals surface area contributed by atoms with Gasteiger partial charge in [0.25, 0.3) is 0 Å². The van der Waals surface area contributed by atoms with Crippen LogP contribution in [0.1, 0.15) is 5.56 Å². The normalized spacial score (nSPS) is 11.5. The van der Waals surface area contributed by atoms with Crippen LogP contribution >= 0.6 is 0 Å². The van der Waals surface area contributed by atoms with Gasteiger partial charge in [0.2, 0.25) is 10.0 Å². The molecule has 2 rings (SSSR count). The second-order valence-electron chi connectivity index (χ2n) is 4.43. The Labute approximate surface area is 121 Å². The van der Waals surface area contributed by atoms with Crippen LogP contribution < -0.4 is 10.5 Å². The van der Waals surface area contributed by atoms with E-state index < -0.39 is 26.6 Å². The quantitative estimate of drug-likeness (QED) is 0.830. The molecule has 0 bridgehead atoms. The highest BCUT2D eigenvalue weighted by atomic mass is 32.2. The Morgan fingerprint density at radius 3 is 2.48 bits per heavy atom.